The monoisotopic (exact) mass is 419 g/mol. The molecule has 0 radical (unpaired) electrons. The van der Waals surface area contributed by atoms with E-state index in [1.807, 2.05) is 6.92 Å². The van der Waals surface area contributed by atoms with Crippen LogP contribution < -0.4 is 14.9 Å². The predicted octanol–water partition coefficient (Wildman–Crippen LogP) is 2.30. The van der Waals surface area contributed by atoms with Crippen LogP contribution >= 0.6 is 0 Å². The van der Waals surface area contributed by atoms with E-state index in [0.717, 1.165) is 5.56 Å². The number of carbonyl (C=O) groups excluding carboxylic acids is 2. The van der Waals surface area contributed by atoms with Crippen molar-refractivity contribution in [1.29, 1.82) is 0 Å². The Labute approximate surface area is 170 Å². The Morgan fingerprint density at radius 1 is 0.966 bits per heavy atom. The number of anilines is 1. The van der Waals surface area contributed by atoms with Crippen molar-refractivity contribution >= 4 is 27.7 Å². The molecule has 2 aromatic rings. The summed E-state index contributed by atoms with van der Waals surface area (Å²) in [5, 5.41) is 5.17. The van der Waals surface area contributed by atoms with E-state index in [1.54, 1.807) is 55.5 Å². The minimum absolute atomic E-state index is 0.196. The third-order valence-electron chi connectivity index (χ3n) is 4.13. The Morgan fingerprint density at radius 2 is 1.55 bits per heavy atom. The van der Waals surface area contributed by atoms with Gasteiger partial charge in [0.25, 0.3) is 15.9 Å². The van der Waals surface area contributed by atoms with Crippen molar-refractivity contribution < 1.29 is 22.7 Å². The van der Waals surface area contributed by atoms with Crippen molar-refractivity contribution in [1.82, 2.24) is 10.6 Å². The number of amides is 2. The summed E-state index contributed by atoms with van der Waals surface area (Å²) < 4.78 is 31.4. The topological polar surface area (TPSA) is 105 Å². The van der Waals surface area contributed by atoms with Crippen LogP contribution in [-0.4, -0.2) is 47.2 Å². The lowest BCUT2D eigenvalue weighted by molar-refractivity contribution is 0.0952. The zero-order valence-electron chi connectivity index (χ0n) is 16.6. The van der Waals surface area contributed by atoms with E-state index in [1.165, 1.54) is 11.4 Å². The van der Waals surface area contributed by atoms with Crippen LogP contribution in [0.3, 0.4) is 0 Å². The first-order chi connectivity index (χ1) is 13.8. The lowest BCUT2D eigenvalue weighted by Gasteiger charge is -2.20. The molecule has 9 heteroatoms. The molecular weight excluding hydrogens is 394 g/mol. The number of aryl methyl sites for hydroxylation is 1. The number of carbonyl (C=O) groups is 2. The Kier molecular flexibility index (Phi) is 7.60. The van der Waals surface area contributed by atoms with Crippen molar-refractivity contribution in [2.45, 2.75) is 18.7 Å². The highest BCUT2D eigenvalue weighted by Crippen LogP contribution is 2.22. The van der Waals surface area contributed by atoms with E-state index in [4.69, 9.17) is 4.74 Å². The molecule has 0 bridgehead atoms. The molecule has 0 unspecified atom stereocenters. The number of hydrogen-bond donors (Lipinski definition) is 2. The average molecular weight is 420 g/mol. The molecular formula is C20H25N3O5S. The third-order valence-corrected chi connectivity index (χ3v) is 5.93. The van der Waals surface area contributed by atoms with Gasteiger partial charge in [-0.2, -0.15) is 0 Å². The van der Waals surface area contributed by atoms with Gasteiger partial charge in [-0.15, -0.1) is 0 Å². The molecule has 0 saturated carbocycles. The number of nitrogens with one attached hydrogen (secondary N) is 2. The van der Waals surface area contributed by atoms with Gasteiger partial charge in [-0.25, -0.2) is 13.2 Å². The summed E-state index contributed by atoms with van der Waals surface area (Å²) >= 11 is 0. The van der Waals surface area contributed by atoms with Crippen LogP contribution in [0, 0.1) is 6.92 Å². The van der Waals surface area contributed by atoms with Crippen molar-refractivity contribution in [2.75, 3.05) is 31.0 Å². The third kappa shape index (κ3) is 5.95. The quantitative estimate of drug-likeness (QED) is 0.639. The molecule has 2 N–H and O–H groups in total. The van der Waals surface area contributed by atoms with E-state index in [9.17, 15) is 18.0 Å². The van der Waals surface area contributed by atoms with Gasteiger partial charge in [0.15, 0.2) is 0 Å². The van der Waals surface area contributed by atoms with E-state index < -0.39 is 16.1 Å². The number of rotatable bonds is 8. The van der Waals surface area contributed by atoms with Crippen LogP contribution in [0.15, 0.2) is 53.4 Å². The molecule has 29 heavy (non-hydrogen) atoms. The SMILES string of the molecule is CCOC(=O)NCCNC(=O)c1ccc(N(C)S(=O)(=O)c2ccc(C)cc2)cc1. The van der Waals surface area contributed by atoms with Crippen LogP contribution in [0.5, 0.6) is 0 Å². The standard InChI is InChI=1S/C20H25N3O5S/c1-4-28-20(25)22-14-13-21-19(24)16-7-9-17(10-8-16)23(3)29(26,27)18-11-5-15(2)6-12-18/h5-12H,4,13-14H2,1-3H3,(H,21,24)(H,22,25). The summed E-state index contributed by atoms with van der Waals surface area (Å²) in [4.78, 5) is 23.5. The van der Waals surface area contributed by atoms with E-state index >= 15 is 0 Å². The van der Waals surface area contributed by atoms with Gasteiger partial charge >= 0.3 is 6.09 Å². The second-order valence-electron chi connectivity index (χ2n) is 6.24. The number of ether oxygens (including phenoxy) is 1. The molecule has 156 valence electrons. The van der Waals surface area contributed by atoms with Gasteiger partial charge in [-0.05, 0) is 50.2 Å². The first-order valence-electron chi connectivity index (χ1n) is 9.10. The van der Waals surface area contributed by atoms with Crippen LogP contribution in [0.1, 0.15) is 22.8 Å². The highest BCUT2D eigenvalue weighted by molar-refractivity contribution is 7.92. The summed E-state index contributed by atoms with van der Waals surface area (Å²) in [7, 11) is -2.23. The zero-order valence-corrected chi connectivity index (χ0v) is 17.5. The van der Waals surface area contributed by atoms with Crippen molar-refractivity contribution in [3.05, 3.63) is 59.7 Å². The molecule has 8 nitrogen and oxygen atoms in total. The van der Waals surface area contributed by atoms with Crippen molar-refractivity contribution in [2.24, 2.45) is 0 Å². The van der Waals surface area contributed by atoms with Crippen LogP contribution in [-0.2, 0) is 14.8 Å². The summed E-state index contributed by atoms with van der Waals surface area (Å²) in [6.45, 7) is 4.34. The maximum Gasteiger partial charge on any atom is 0.407 e. The lowest BCUT2D eigenvalue weighted by atomic mass is 10.2. The van der Waals surface area contributed by atoms with Crippen molar-refractivity contribution in [3.63, 3.8) is 0 Å². The van der Waals surface area contributed by atoms with Crippen LogP contribution in [0.2, 0.25) is 0 Å². The minimum atomic E-state index is -3.69. The first kappa shape index (κ1) is 22.2. The summed E-state index contributed by atoms with van der Waals surface area (Å²) in [5.74, 6) is -0.328. The maximum atomic E-state index is 12.7. The smallest absolute Gasteiger partial charge is 0.407 e. The molecule has 2 rings (SSSR count). The van der Waals surface area contributed by atoms with Gasteiger partial charge in [-0.1, -0.05) is 17.7 Å². The lowest BCUT2D eigenvalue weighted by Crippen LogP contribution is -2.35. The maximum absolute atomic E-state index is 12.7. The molecule has 0 aliphatic carbocycles. The Bertz CT molecular complexity index is 941. The average Bonchev–Trinajstić information content (AvgIpc) is 2.71. The van der Waals surface area contributed by atoms with Crippen molar-refractivity contribution in [3.8, 4) is 0 Å². The van der Waals surface area contributed by atoms with Gasteiger partial charge in [0.2, 0.25) is 0 Å². The fourth-order valence-electron chi connectivity index (χ4n) is 2.45. The molecule has 0 atom stereocenters. The van der Waals surface area contributed by atoms with Gasteiger partial charge in [-0.3, -0.25) is 9.10 Å². The first-order valence-corrected chi connectivity index (χ1v) is 10.5. The zero-order chi connectivity index (χ0) is 21.4. The summed E-state index contributed by atoms with van der Waals surface area (Å²) in [6, 6.07) is 12.8. The molecule has 0 aliphatic heterocycles. The molecule has 0 aromatic heterocycles. The highest BCUT2D eigenvalue weighted by Gasteiger charge is 2.21. The number of nitrogens with zero attached hydrogens (tertiary/aromatic N) is 1. The Hall–Kier alpha value is -3.07. The molecule has 0 heterocycles. The predicted molar refractivity (Wildman–Crippen MR) is 111 cm³/mol. The van der Waals surface area contributed by atoms with Gasteiger partial charge in [0.1, 0.15) is 0 Å². The largest absolute Gasteiger partial charge is 0.450 e. The second-order valence-corrected chi connectivity index (χ2v) is 8.20. The number of sulfonamides is 1. The summed E-state index contributed by atoms with van der Waals surface area (Å²) in [5.41, 5.74) is 1.79. The fourth-order valence-corrected chi connectivity index (χ4v) is 3.65. The van der Waals surface area contributed by atoms with Crippen LogP contribution in [0.4, 0.5) is 10.5 Å². The van der Waals surface area contributed by atoms with Gasteiger partial charge in [0.05, 0.1) is 17.2 Å². The summed E-state index contributed by atoms with van der Waals surface area (Å²) in [6.07, 6.45) is -0.538. The van der Waals surface area contributed by atoms with Crippen LogP contribution in [0.25, 0.3) is 0 Å². The highest BCUT2D eigenvalue weighted by atomic mass is 32.2. The van der Waals surface area contributed by atoms with Gasteiger partial charge in [0, 0.05) is 25.7 Å². The molecule has 2 aromatic carbocycles. The Balaban J connectivity index is 1.97. The molecule has 0 aliphatic rings. The van der Waals surface area contributed by atoms with E-state index in [0.29, 0.717) is 11.3 Å². The number of hydrogen-bond acceptors (Lipinski definition) is 5. The van der Waals surface area contributed by atoms with Gasteiger partial charge < -0.3 is 15.4 Å². The Morgan fingerprint density at radius 3 is 2.14 bits per heavy atom. The van der Waals surface area contributed by atoms with E-state index in [2.05, 4.69) is 10.6 Å². The molecule has 0 saturated heterocycles. The normalized spacial score (nSPS) is 10.9. The number of alkyl carbamates (subject to hydrolysis) is 1. The fraction of sp³-hybridized carbons (Fsp3) is 0.300. The molecule has 0 spiro atoms. The molecule has 0 fully saturated rings. The van der Waals surface area contributed by atoms with E-state index in [-0.39, 0.29) is 30.5 Å². The second kappa shape index (κ2) is 9.92. The molecule has 2 amide bonds. The minimum Gasteiger partial charge on any atom is -0.450 e. The number of benzene rings is 2.